The van der Waals surface area contributed by atoms with Crippen LogP contribution in [0.4, 0.5) is 0 Å². The molecule has 0 N–H and O–H groups in total. The molecule has 0 nitrogen and oxygen atoms in total. The van der Waals surface area contributed by atoms with Crippen LogP contribution in [0.5, 0.6) is 0 Å². The highest BCUT2D eigenvalue weighted by Crippen LogP contribution is 2.22. The summed E-state index contributed by atoms with van der Waals surface area (Å²) in [5.41, 5.74) is 6.33. The van der Waals surface area contributed by atoms with Gasteiger partial charge in [0.1, 0.15) is 0 Å². The van der Waals surface area contributed by atoms with Gasteiger partial charge in [-0.25, -0.2) is 0 Å². The Morgan fingerprint density at radius 1 is 0.944 bits per heavy atom. The molecule has 2 aromatic carbocycles. The molecule has 0 unspecified atom stereocenters. The Labute approximate surface area is 110 Å². The van der Waals surface area contributed by atoms with E-state index in [-0.39, 0.29) is 0 Å². The lowest BCUT2D eigenvalue weighted by Gasteiger charge is -2.08. The Hall–Kier alpha value is -1.82. The minimum absolute atomic E-state index is 0.998. The molecule has 0 heterocycles. The molecule has 0 saturated heterocycles. The highest BCUT2D eigenvalue weighted by molar-refractivity contribution is 5.67. The molecule has 0 atom stereocenters. The van der Waals surface area contributed by atoms with Gasteiger partial charge >= 0.3 is 0 Å². The highest BCUT2D eigenvalue weighted by Gasteiger charge is 2.02. The van der Waals surface area contributed by atoms with Gasteiger partial charge in [-0.1, -0.05) is 66.6 Å². The summed E-state index contributed by atoms with van der Waals surface area (Å²) in [6.07, 6.45) is 4.51. The predicted octanol–water partition coefficient (Wildman–Crippen LogP) is 4.95. The fourth-order valence-electron chi connectivity index (χ4n) is 2.21. The van der Waals surface area contributed by atoms with Gasteiger partial charge in [-0.2, -0.15) is 0 Å². The van der Waals surface area contributed by atoms with Gasteiger partial charge in [0.05, 0.1) is 0 Å². The van der Waals surface area contributed by atoms with Crippen LogP contribution in [0.25, 0.3) is 5.57 Å². The number of hydrogen-bond acceptors (Lipinski definition) is 0. The Morgan fingerprint density at radius 2 is 1.56 bits per heavy atom. The minimum atomic E-state index is 0.998. The Morgan fingerprint density at radius 3 is 2.11 bits per heavy atom. The van der Waals surface area contributed by atoms with Crippen LogP contribution >= 0.6 is 0 Å². The van der Waals surface area contributed by atoms with Crippen molar-refractivity contribution in [2.24, 2.45) is 0 Å². The first-order valence-corrected chi connectivity index (χ1v) is 6.45. The van der Waals surface area contributed by atoms with Crippen molar-refractivity contribution in [1.29, 1.82) is 0 Å². The quantitative estimate of drug-likeness (QED) is 0.660. The first kappa shape index (κ1) is 12.6. The molecule has 0 spiro atoms. The SMILES string of the molecule is CCC(=[C]c1ccccc1)c1cc(C)cc(C)c1. The van der Waals surface area contributed by atoms with E-state index in [9.17, 15) is 0 Å². The van der Waals surface area contributed by atoms with Crippen molar-refractivity contribution in [3.8, 4) is 0 Å². The molecule has 0 amide bonds. The molecule has 0 fully saturated rings. The molecule has 2 aromatic rings. The number of benzene rings is 2. The Bertz CT molecular complexity index is 527. The van der Waals surface area contributed by atoms with Gasteiger partial charge in [-0.15, -0.1) is 0 Å². The average Bonchev–Trinajstić information content (AvgIpc) is 2.36. The molecule has 0 bridgehead atoms. The number of rotatable bonds is 3. The van der Waals surface area contributed by atoms with Crippen molar-refractivity contribution in [3.05, 3.63) is 76.9 Å². The van der Waals surface area contributed by atoms with Gasteiger partial charge in [0, 0.05) is 0 Å². The zero-order valence-electron chi connectivity index (χ0n) is 11.3. The Kier molecular flexibility index (Phi) is 3.99. The third kappa shape index (κ3) is 3.10. The first-order chi connectivity index (χ1) is 8.69. The van der Waals surface area contributed by atoms with Crippen LogP contribution in [0.15, 0.2) is 48.5 Å². The summed E-state index contributed by atoms with van der Waals surface area (Å²) >= 11 is 0. The topological polar surface area (TPSA) is 0 Å². The molecule has 2 rings (SSSR count). The zero-order valence-corrected chi connectivity index (χ0v) is 11.3. The van der Waals surface area contributed by atoms with Crippen molar-refractivity contribution in [1.82, 2.24) is 0 Å². The number of hydrogen-bond donors (Lipinski definition) is 0. The summed E-state index contributed by atoms with van der Waals surface area (Å²) in [7, 11) is 0. The average molecular weight is 235 g/mol. The lowest BCUT2D eigenvalue weighted by Crippen LogP contribution is -1.88. The van der Waals surface area contributed by atoms with Gasteiger partial charge in [0.25, 0.3) is 0 Å². The van der Waals surface area contributed by atoms with Crippen LogP contribution in [-0.2, 0) is 0 Å². The monoisotopic (exact) mass is 235 g/mol. The van der Waals surface area contributed by atoms with Crippen molar-refractivity contribution in [2.75, 3.05) is 0 Å². The summed E-state index contributed by atoms with van der Waals surface area (Å²) in [5, 5.41) is 0. The first-order valence-electron chi connectivity index (χ1n) is 6.45. The summed E-state index contributed by atoms with van der Waals surface area (Å²) in [5.74, 6) is 0. The lowest BCUT2D eigenvalue weighted by atomic mass is 9.97. The van der Waals surface area contributed by atoms with Crippen LogP contribution in [-0.4, -0.2) is 0 Å². The molecule has 0 saturated carbocycles. The van der Waals surface area contributed by atoms with Crippen molar-refractivity contribution in [2.45, 2.75) is 27.2 Å². The van der Waals surface area contributed by atoms with E-state index in [0.717, 1.165) is 12.0 Å². The molecule has 18 heavy (non-hydrogen) atoms. The van der Waals surface area contributed by atoms with Crippen LogP contribution in [0.1, 0.15) is 35.6 Å². The molecule has 1 radical (unpaired) electrons. The van der Waals surface area contributed by atoms with E-state index in [0.29, 0.717) is 0 Å². The standard InChI is InChI=1S/C18H19/c1-4-17(13-16-8-6-5-7-9-16)18-11-14(2)10-15(3)12-18/h5-12H,4H2,1-3H3. The largest absolute Gasteiger partial charge is 0.0622 e. The van der Waals surface area contributed by atoms with Gasteiger partial charge < -0.3 is 0 Å². The van der Waals surface area contributed by atoms with Crippen molar-refractivity contribution < 1.29 is 0 Å². The van der Waals surface area contributed by atoms with Gasteiger partial charge in [0.2, 0.25) is 0 Å². The number of allylic oxidation sites excluding steroid dienone is 1. The van der Waals surface area contributed by atoms with E-state index >= 15 is 0 Å². The second-order valence-electron chi connectivity index (χ2n) is 4.70. The summed E-state index contributed by atoms with van der Waals surface area (Å²) in [6, 6.07) is 17.0. The third-order valence-electron chi connectivity index (χ3n) is 2.99. The van der Waals surface area contributed by atoms with Crippen LogP contribution in [0.2, 0.25) is 0 Å². The van der Waals surface area contributed by atoms with Crippen LogP contribution in [0, 0.1) is 19.9 Å². The predicted molar refractivity (Wildman–Crippen MR) is 78.4 cm³/mol. The Balaban J connectivity index is 2.42. The van der Waals surface area contributed by atoms with E-state index in [4.69, 9.17) is 0 Å². The molecule has 0 heteroatoms. The second kappa shape index (κ2) is 5.68. The molecular weight excluding hydrogens is 216 g/mol. The molecule has 0 aliphatic carbocycles. The highest BCUT2D eigenvalue weighted by atomic mass is 14.1. The molecule has 0 aliphatic heterocycles. The maximum atomic E-state index is 3.52. The molecule has 0 aromatic heterocycles. The maximum absolute atomic E-state index is 3.52. The summed E-state index contributed by atoms with van der Waals surface area (Å²) < 4.78 is 0. The molecule has 0 aliphatic rings. The van der Waals surface area contributed by atoms with E-state index in [1.807, 2.05) is 6.07 Å². The molecule has 91 valence electrons. The van der Waals surface area contributed by atoms with Gasteiger partial charge in [-0.3, -0.25) is 0 Å². The van der Waals surface area contributed by atoms with Crippen LogP contribution < -0.4 is 0 Å². The third-order valence-corrected chi connectivity index (χ3v) is 2.99. The lowest BCUT2D eigenvalue weighted by molar-refractivity contribution is 1.22. The van der Waals surface area contributed by atoms with Gasteiger partial charge in [-0.05, 0) is 43.0 Å². The van der Waals surface area contributed by atoms with E-state index in [2.05, 4.69) is 69.3 Å². The normalized spacial score (nSPS) is 11.6. The van der Waals surface area contributed by atoms with Crippen molar-refractivity contribution >= 4 is 5.57 Å². The summed E-state index contributed by atoms with van der Waals surface area (Å²) in [6.45, 7) is 6.47. The van der Waals surface area contributed by atoms with Crippen molar-refractivity contribution in [3.63, 3.8) is 0 Å². The van der Waals surface area contributed by atoms with Crippen LogP contribution in [0.3, 0.4) is 0 Å². The summed E-state index contributed by atoms with van der Waals surface area (Å²) in [4.78, 5) is 0. The van der Waals surface area contributed by atoms with E-state index in [1.165, 1.54) is 22.3 Å². The smallest absolute Gasteiger partial charge is 0.00645 e. The fourth-order valence-corrected chi connectivity index (χ4v) is 2.21. The zero-order chi connectivity index (χ0) is 13.0. The number of aryl methyl sites for hydroxylation is 2. The maximum Gasteiger partial charge on any atom is -0.00645 e. The minimum Gasteiger partial charge on any atom is -0.0622 e. The van der Waals surface area contributed by atoms with E-state index in [1.54, 1.807) is 0 Å². The second-order valence-corrected chi connectivity index (χ2v) is 4.70. The van der Waals surface area contributed by atoms with E-state index < -0.39 is 0 Å². The van der Waals surface area contributed by atoms with Gasteiger partial charge in [0.15, 0.2) is 0 Å². The molecular formula is C18H19. The fraction of sp³-hybridized carbons (Fsp3) is 0.222.